The molecule has 22 heavy (non-hydrogen) atoms. The number of benzene rings is 1. The molecule has 0 radical (unpaired) electrons. The van der Waals surface area contributed by atoms with Crippen LogP contribution in [0.3, 0.4) is 0 Å². The van der Waals surface area contributed by atoms with Gasteiger partial charge in [-0.1, -0.05) is 0 Å². The number of aromatic nitrogens is 2. The summed E-state index contributed by atoms with van der Waals surface area (Å²) in [5.74, 6) is 0.770. The first-order chi connectivity index (χ1) is 10.8. The monoisotopic (exact) mass is 362 g/mol. The van der Waals surface area contributed by atoms with Crippen molar-refractivity contribution in [1.82, 2.24) is 9.78 Å². The first-order valence-corrected chi connectivity index (χ1v) is 8.53. The Bertz CT molecular complexity index is 954. The Morgan fingerprint density at radius 2 is 2.05 bits per heavy atom. The van der Waals surface area contributed by atoms with Gasteiger partial charge in [-0.15, -0.1) is 0 Å². The van der Waals surface area contributed by atoms with Gasteiger partial charge in [-0.25, -0.2) is 0 Å². The van der Waals surface area contributed by atoms with Crippen LogP contribution in [0.1, 0.15) is 5.76 Å². The molecule has 0 amide bonds. The van der Waals surface area contributed by atoms with Crippen LogP contribution < -0.4 is 0 Å². The number of nitrogens with zero attached hydrogens (tertiary/aromatic N) is 2. The van der Waals surface area contributed by atoms with Gasteiger partial charge in [-0.2, -0.15) is 0 Å². The molecule has 3 heterocycles. The molecule has 3 aromatic heterocycles. The van der Waals surface area contributed by atoms with Gasteiger partial charge in [-0.05, 0) is 0 Å². The molecule has 4 aromatic rings. The van der Waals surface area contributed by atoms with Crippen LogP contribution in [0.25, 0.3) is 26.9 Å². The van der Waals surface area contributed by atoms with E-state index in [1.54, 1.807) is 35.0 Å². The molecule has 0 saturated heterocycles. The Morgan fingerprint density at radius 3 is 2.82 bits per heavy atom. The van der Waals surface area contributed by atoms with Crippen LogP contribution >= 0.6 is 0 Å². The zero-order valence-electron chi connectivity index (χ0n) is 11.4. The number of halogens is 1. The van der Waals surface area contributed by atoms with Crippen molar-refractivity contribution in [1.29, 1.82) is 0 Å². The Hall–Kier alpha value is -2.14. The summed E-state index contributed by atoms with van der Waals surface area (Å²) in [5.41, 5.74) is 2.02. The first kappa shape index (κ1) is 13.5. The molecule has 4 nitrogen and oxygen atoms in total. The summed E-state index contributed by atoms with van der Waals surface area (Å²) < 4.78 is 22.3. The van der Waals surface area contributed by atoms with E-state index in [4.69, 9.17) is 9.52 Å². The van der Waals surface area contributed by atoms with E-state index < -0.39 is 0 Å². The van der Waals surface area contributed by atoms with Crippen molar-refractivity contribution in [3.8, 4) is 17.1 Å². The van der Waals surface area contributed by atoms with Crippen molar-refractivity contribution in [2.45, 2.75) is 6.61 Å². The Morgan fingerprint density at radius 1 is 1.18 bits per heavy atom. The molecule has 0 saturated carbocycles. The third kappa shape index (κ3) is 2.04. The second-order valence-electron chi connectivity index (χ2n) is 4.77. The summed E-state index contributed by atoms with van der Waals surface area (Å²) in [6, 6.07) is 12.0. The van der Waals surface area contributed by atoms with Gasteiger partial charge in [0.15, 0.2) is 0 Å². The van der Waals surface area contributed by atoms with Crippen LogP contribution in [0.15, 0.2) is 51.8 Å². The molecule has 0 spiro atoms. The number of hydrogen-bond donors (Lipinski definition) is 1. The number of fused-ring (bicyclic) bond motifs is 1. The number of hydrogen-bond acceptors (Lipinski definition) is 3. The molecule has 110 valence electrons. The standard InChI is InChI=1S/C16H11FN2O2Se/c17-11-3-1-2-4-12(11)19-13-7-8-22-16(13)15(18-19)14-6-5-10(9-20)21-14/h1-8,20H,9H2. The molecule has 1 aromatic carbocycles. The Balaban J connectivity index is 1.95. The molecule has 0 fully saturated rings. The fourth-order valence-electron chi connectivity index (χ4n) is 2.40. The van der Waals surface area contributed by atoms with Crippen molar-refractivity contribution in [3.63, 3.8) is 0 Å². The summed E-state index contributed by atoms with van der Waals surface area (Å²) in [6.07, 6.45) is 0. The number of aliphatic hydroxyl groups excluding tert-OH is 1. The summed E-state index contributed by atoms with van der Waals surface area (Å²) in [6.45, 7) is -0.153. The molecular formula is C16H11FN2O2Se. The molecule has 0 unspecified atom stereocenters. The van der Waals surface area contributed by atoms with E-state index in [-0.39, 0.29) is 26.9 Å². The normalized spacial score (nSPS) is 11.4. The van der Waals surface area contributed by atoms with Gasteiger partial charge in [-0.3, -0.25) is 0 Å². The van der Waals surface area contributed by atoms with Crippen molar-refractivity contribution in [3.05, 3.63) is 59.0 Å². The average molecular weight is 361 g/mol. The van der Waals surface area contributed by atoms with Gasteiger partial charge in [0.1, 0.15) is 0 Å². The van der Waals surface area contributed by atoms with E-state index in [9.17, 15) is 4.39 Å². The number of para-hydroxylation sites is 1. The molecule has 1 N–H and O–H groups in total. The minimum absolute atomic E-state index is 0.139. The van der Waals surface area contributed by atoms with Crippen LogP contribution in [-0.4, -0.2) is 29.4 Å². The van der Waals surface area contributed by atoms with E-state index in [1.165, 1.54) is 6.07 Å². The second kappa shape index (κ2) is 5.25. The van der Waals surface area contributed by atoms with Crippen LogP contribution in [0, 0.1) is 5.82 Å². The number of aliphatic hydroxyl groups is 1. The number of furan rings is 1. The van der Waals surface area contributed by atoms with Gasteiger partial charge < -0.3 is 0 Å². The SMILES string of the molecule is OCc1ccc(-c2nn(-c3ccccc3F)c3cc[se]c23)o1. The van der Waals surface area contributed by atoms with Crippen LogP contribution in [0.2, 0.25) is 0 Å². The summed E-state index contributed by atoms with van der Waals surface area (Å²) in [7, 11) is 0. The fraction of sp³-hybridized carbons (Fsp3) is 0.0625. The van der Waals surface area contributed by atoms with Gasteiger partial charge in [0.25, 0.3) is 0 Å². The average Bonchev–Trinajstić information content (AvgIpc) is 3.23. The molecule has 0 aliphatic heterocycles. The molecule has 0 aliphatic rings. The molecule has 0 aliphatic carbocycles. The van der Waals surface area contributed by atoms with E-state index in [0.717, 1.165) is 9.78 Å². The van der Waals surface area contributed by atoms with Crippen molar-refractivity contribution >= 4 is 24.3 Å². The topological polar surface area (TPSA) is 51.2 Å². The van der Waals surface area contributed by atoms with E-state index in [2.05, 4.69) is 10.0 Å². The van der Waals surface area contributed by atoms with Gasteiger partial charge in [0.05, 0.1) is 0 Å². The molecule has 0 bridgehead atoms. The quantitative estimate of drug-likeness (QED) is 0.571. The Labute approximate surface area is 131 Å². The maximum atomic E-state index is 14.1. The molecule has 4 rings (SSSR count). The first-order valence-electron chi connectivity index (χ1n) is 6.69. The zero-order valence-corrected chi connectivity index (χ0v) is 13.1. The van der Waals surface area contributed by atoms with Crippen molar-refractivity contribution in [2.24, 2.45) is 0 Å². The predicted molar refractivity (Wildman–Crippen MR) is 81.6 cm³/mol. The third-order valence-corrected chi connectivity index (χ3v) is 5.33. The minimum atomic E-state index is -0.317. The van der Waals surface area contributed by atoms with Crippen molar-refractivity contribution in [2.75, 3.05) is 0 Å². The second-order valence-corrected chi connectivity index (χ2v) is 6.69. The van der Waals surface area contributed by atoms with Gasteiger partial charge >= 0.3 is 131 Å². The van der Waals surface area contributed by atoms with Crippen LogP contribution in [-0.2, 0) is 6.61 Å². The summed E-state index contributed by atoms with van der Waals surface area (Å²) in [4.78, 5) is 2.08. The fourth-order valence-corrected chi connectivity index (χ4v) is 4.21. The van der Waals surface area contributed by atoms with Crippen molar-refractivity contribution < 1.29 is 13.9 Å². The predicted octanol–water partition coefficient (Wildman–Crippen LogP) is 2.97. The molecule has 0 atom stereocenters. The zero-order chi connectivity index (χ0) is 15.1. The third-order valence-electron chi connectivity index (χ3n) is 3.42. The summed E-state index contributed by atoms with van der Waals surface area (Å²) >= 11 is 0.139. The maximum absolute atomic E-state index is 14.1. The number of rotatable bonds is 3. The van der Waals surface area contributed by atoms with Crippen LogP contribution in [0.5, 0.6) is 0 Å². The van der Waals surface area contributed by atoms with Gasteiger partial charge in [0, 0.05) is 0 Å². The van der Waals surface area contributed by atoms with E-state index >= 15 is 0 Å². The van der Waals surface area contributed by atoms with E-state index in [0.29, 0.717) is 22.9 Å². The molecule has 6 heteroatoms. The molecular weight excluding hydrogens is 350 g/mol. The Kier molecular flexibility index (Phi) is 3.22. The summed E-state index contributed by atoms with van der Waals surface area (Å²) in [5, 5.41) is 13.7. The van der Waals surface area contributed by atoms with E-state index in [1.807, 2.05) is 6.07 Å². The van der Waals surface area contributed by atoms with Gasteiger partial charge in [0.2, 0.25) is 0 Å². The van der Waals surface area contributed by atoms with Crippen LogP contribution in [0.4, 0.5) is 4.39 Å².